The van der Waals surface area contributed by atoms with Crippen LogP contribution in [-0.2, 0) is 5.41 Å². The minimum Gasteiger partial charge on any atom is -0.279 e. The van der Waals surface area contributed by atoms with Gasteiger partial charge in [-0.3, -0.25) is 4.57 Å². The molecule has 4 rings (SSSR count). The number of aromatic nitrogens is 3. The second kappa shape index (κ2) is 9.41. The minimum atomic E-state index is 0.111. The number of hydrogen-bond acceptors (Lipinski definition) is 2. The summed E-state index contributed by atoms with van der Waals surface area (Å²) in [4.78, 5) is 0. The highest BCUT2D eigenvalue weighted by Crippen LogP contribution is 2.31. The minimum absolute atomic E-state index is 0.111. The van der Waals surface area contributed by atoms with Crippen molar-refractivity contribution in [3.05, 3.63) is 103 Å². The summed E-state index contributed by atoms with van der Waals surface area (Å²) in [5, 5.41) is 9.23. The Balaban J connectivity index is 1.79. The van der Waals surface area contributed by atoms with Gasteiger partial charge in [-0.05, 0) is 42.0 Å². The molecule has 3 nitrogen and oxygen atoms in total. The molecule has 0 bridgehead atoms. The van der Waals surface area contributed by atoms with Crippen LogP contribution in [0, 0.1) is 0 Å². The zero-order valence-electron chi connectivity index (χ0n) is 20.1. The molecule has 3 heteroatoms. The van der Waals surface area contributed by atoms with Crippen LogP contribution in [-0.4, -0.2) is 14.8 Å². The number of hydrogen-bond donors (Lipinski definition) is 0. The van der Waals surface area contributed by atoms with Crippen LogP contribution in [0.1, 0.15) is 40.2 Å². The largest absolute Gasteiger partial charge is 0.279 e. The van der Waals surface area contributed by atoms with Gasteiger partial charge < -0.3 is 0 Å². The monoisotopic (exact) mass is 433 g/mol. The van der Waals surface area contributed by atoms with E-state index in [0.717, 1.165) is 28.5 Å². The third-order valence-electron chi connectivity index (χ3n) is 5.80. The summed E-state index contributed by atoms with van der Waals surface area (Å²) < 4.78 is 2.14. The standard InChI is InChI=1S/C30H31N3/c1-6-7-11-22(2)33-28(25-16-14-24(15-17-25)23-12-9-8-10-13-23)31-32-29(33)26-18-20-27(21-19-26)30(3,4)5/h6-21H,1-5H3/b7-6-,22-11+. The Hall–Kier alpha value is -3.72. The molecule has 4 aromatic rings. The van der Waals surface area contributed by atoms with Crippen LogP contribution < -0.4 is 0 Å². The molecule has 33 heavy (non-hydrogen) atoms. The molecule has 1 aromatic heterocycles. The molecule has 0 radical (unpaired) electrons. The Labute approximate surface area is 197 Å². The zero-order chi connectivity index (χ0) is 23.4. The van der Waals surface area contributed by atoms with E-state index in [2.05, 4.69) is 121 Å². The van der Waals surface area contributed by atoms with Crippen molar-refractivity contribution in [1.82, 2.24) is 14.8 Å². The summed E-state index contributed by atoms with van der Waals surface area (Å²) in [6.45, 7) is 10.8. The van der Waals surface area contributed by atoms with Crippen molar-refractivity contribution in [2.45, 2.75) is 40.0 Å². The smallest absolute Gasteiger partial charge is 0.168 e. The summed E-state index contributed by atoms with van der Waals surface area (Å²) in [7, 11) is 0. The summed E-state index contributed by atoms with van der Waals surface area (Å²) >= 11 is 0. The first-order valence-corrected chi connectivity index (χ1v) is 11.4. The van der Waals surface area contributed by atoms with Gasteiger partial charge in [0.15, 0.2) is 11.6 Å². The Kier molecular flexibility index (Phi) is 6.41. The molecular weight excluding hydrogens is 402 g/mol. The quantitative estimate of drug-likeness (QED) is 0.298. The number of rotatable bonds is 5. The summed E-state index contributed by atoms with van der Waals surface area (Å²) in [5.74, 6) is 1.68. The number of nitrogens with zero attached hydrogens (tertiary/aromatic N) is 3. The van der Waals surface area contributed by atoms with E-state index in [-0.39, 0.29) is 5.41 Å². The number of allylic oxidation sites excluding steroid dienone is 4. The van der Waals surface area contributed by atoms with Crippen LogP contribution in [0.3, 0.4) is 0 Å². The molecule has 0 aliphatic carbocycles. The highest BCUT2D eigenvalue weighted by Gasteiger charge is 2.18. The van der Waals surface area contributed by atoms with E-state index in [9.17, 15) is 0 Å². The van der Waals surface area contributed by atoms with Gasteiger partial charge in [0.05, 0.1) is 0 Å². The second-order valence-electron chi connectivity index (χ2n) is 9.29. The van der Waals surface area contributed by atoms with Crippen molar-refractivity contribution in [3.63, 3.8) is 0 Å². The van der Waals surface area contributed by atoms with E-state index >= 15 is 0 Å². The van der Waals surface area contributed by atoms with E-state index < -0.39 is 0 Å². The topological polar surface area (TPSA) is 30.7 Å². The van der Waals surface area contributed by atoms with Gasteiger partial charge in [0.2, 0.25) is 0 Å². The fourth-order valence-electron chi connectivity index (χ4n) is 3.86. The first-order valence-electron chi connectivity index (χ1n) is 11.4. The predicted molar refractivity (Wildman–Crippen MR) is 140 cm³/mol. The highest BCUT2D eigenvalue weighted by atomic mass is 15.3. The van der Waals surface area contributed by atoms with Gasteiger partial charge in [0.25, 0.3) is 0 Å². The Morgan fingerprint density at radius 1 is 0.697 bits per heavy atom. The second-order valence-corrected chi connectivity index (χ2v) is 9.29. The summed E-state index contributed by atoms with van der Waals surface area (Å²) in [6.07, 6.45) is 6.17. The maximum absolute atomic E-state index is 4.61. The highest BCUT2D eigenvalue weighted by molar-refractivity contribution is 5.72. The lowest BCUT2D eigenvalue weighted by Crippen LogP contribution is -2.10. The van der Waals surface area contributed by atoms with Gasteiger partial charge in [-0.25, -0.2) is 0 Å². The fourth-order valence-corrected chi connectivity index (χ4v) is 3.86. The third kappa shape index (κ3) is 4.88. The van der Waals surface area contributed by atoms with Gasteiger partial charge in [0, 0.05) is 16.8 Å². The van der Waals surface area contributed by atoms with Gasteiger partial charge in [-0.15, -0.1) is 10.2 Å². The van der Waals surface area contributed by atoms with Crippen molar-refractivity contribution in [1.29, 1.82) is 0 Å². The molecule has 0 unspecified atom stereocenters. The van der Waals surface area contributed by atoms with Crippen molar-refractivity contribution < 1.29 is 0 Å². The Morgan fingerprint density at radius 3 is 1.70 bits per heavy atom. The number of benzene rings is 3. The lowest BCUT2D eigenvalue weighted by atomic mass is 9.86. The third-order valence-corrected chi connectivity index (χ3v) is 5.80. The normalized spacial score (nSPS) is 12.5. The maximum atomic E-state index is 4.61. The van der Waals surface area contributed by atoms with E-state index in [1.807, 2.05) is 25.1 Å². The van der Waals surface area contributed by atoms with Crippen molar-refractivity contribution in [3.8, 4) is 33.9 Å². The van der Waals surface area contributed by atoms with Crippen LogP contribution in [0.4, 0.5) is 0 Å². The molecule has 166 valence electrons. The molecule has 0 atom stereocenters. The molecule has 0 saturated carbocycles. The Bertz CT molecular complexity index is 1270. The lowest BCUT2D eigenvalue weighted by molar-refractivity contribution is 0.590. The molecule has 3 aromatic carbocycles. The molecule has 0 N–H and O–H groups in total. The first-order chi connectivity index (χ1) is 15.9. The van der Waals surface area contributed by atoms with Crippen molar-refractivity contribution in [2.75, 3.05) is 0 Å². The first kappa shape index (κ1) is 22.5. The summed E-state index contributed by atoms with van der Waals surface area (Å²) in [6, 6.07) is 27.6. The van der Waals surface area contributed by atoms with Crippen LogP contribution in [0.25, 0.3) is 39.6 Å². The van der Waals surface area contributed by atoms with Crippen LogP contribution in [0.2, 0.25) is 0 Å². The van der Waals surface area contributed by atoms with Gasteiger partial charge in [0.1, 0.15) is 0 Å². The zero-order valence-corrected chi connectivity index (χ0v) is 20.1. The summed E-state index contributed by atoms with van der Waals surface area (Å²) in [5.41, 5.74) is 6.95. The van der Waals surface area contributed by atoms with E-state index in [0.29, 0.717) is 0 Å². The van der Waals surface area contributed by atoms with Gasteiger partial charge >= 0.3 is 0 Å². The Morgan fingerprint density at radius 2 is 1.18 bits per heavy atom. The average molecular weight is 434 g/mol. The van der Waals surface area contributed by atoms with E-state index in [1.165, 1.54) is 16.7 Å². The maximum Gasteiger partial charge on any atom is 0.168 e. The molecule has 0 amide bonds. The molecule has 0 aliphatic rings. The van der Waals surface area contributed by atoms with Crippen LogP contribution in [0.15, 0.2) is 97.1 Å². The van der Waals surface area contributed by atoms with Crippen LogP contribution >= 0.6 is 0 Å². The van der Waals surface area contributed by atoms with Crippen molar-refractivity contribution >= 4 is 5.70 Å². The molecular formula is C30H31N3. The predicted octanol–water partition coefficient (Wildman–Crippen LogP) is 8.01. The molecule has 0 spiro atoms. The van der Waals surface area contributed by atoms with E-state index in [4.69, 9.17) is 0 Å². The molecule has 1 heterocycles. The lowest BCUT2D eigenvalue weighted by Gasteiger charge is -2.19. The SMILES string of the molecule is C/C=C\C=C(/C)n1c(-c2ccc(-c3ccccc3)cc2)nnc1-c1ccc(C(C)(C)C)cc1. The average Bonchev–Trinajstić information content (AvgIpc) is 3.28. The fraction of sp³-hybridized carbons (Fsp3) is 0.200. The van der Waals surface area contributed by atoms with E-state index in [1.54, 1.807) is 0 Å². The molecule has 0 fully saturated rings. The van der Waals surface area contributed by atoms with Crippen LogP contribution in [0.5, 0.6) is 0 Å². The van der Waals surface area contributed by atoms with Crippen molar-refractivity contribution in [2.24, 2.45) is 0 Å². The molecule has 0 aliphatic heterocycles. The van der Waals surface area contributed by atoms with Gasteiger partial charge in [-0.2, -0.15) is 0 Å². The van der Waals surface area contributed by atoms with Gasteiger partial charge in [-0.1, -0.05) is 112 Å². The molecule has 0 saturated heterocycles.